The van der Waals surface area contributed by atoms with Crippen molar-refractivity contribution in [2.75, 3.05) is 43.4 Å². The number of anilines is 2. The van der Waals surface area contributed by atoms with Crippen molar-refractivity contribution in [3.05, 3.63) is 124 Å². The van der Waals surface area contributed by atoms with E-state index >= 15 is 0 Å². The Morgan fingerprint density at radius 1 is 0.923 bits per heavy atom. The van der Waals surface area contributed by atoms with Crippen LogP contribution >= 0.6 is 11.3 Å². The van der Waals surface area contributed by atoms with Gasteiger partial charge in [0.2, 0.25) is 0 Å². The molecule has 0 bridgehead atoms. The molecular formula is C39H40FN7O4S. The minimum Gasteiger partial charge on any atom is -0.507 e. The third-order valence-electron chi connectivity index (χ3n) is 8.38. The van der Waals surface area contributed by atoms with Crippen molar-refractivity contribution < 1.29 is 23.8 Å². The zero-order valence-electron chi connectivity index (χ0n) is 28.9. The lowest BCUT2D eigenvalue weighted by molar-refractivity contribution is -0.122. The molecule has 11 nitrogen and oxygen atoms in total. The monoisotopic (exact) mass is 721 g/mol. The zero-order valence-corrected chi connectivity index (χ0v) is 29.8. The summed E-state index contributed by atoms with van der Waals surface area (Å²) in [5.74, 6) is -0.213. The molecule has 0 spiro atoms. The summed E-state index contributed by atoms with van der Waals surface area (Å²) in [5, 5.41) is 23.0. The van der Waals surface area contributed by atoms with Gasteiger partial charge >= 0.3 is 6.03 Å². The molecule has 4 aromatic carbocycles. The summed E-state index contributed by atoms with van der Waals surface area (Å²) in [6.45, 7) is 7.97. The SMILES string of the molecule is Cc1cc(C)cc(NC(=O)Nc2ccc(-c3nc(CN4CCN(CC(=O)N/N=C/c5cc(OCc6ccccc6F)ccc5O)CC4)cs3)cc2)c1. The Balaban J connectivity index is 0.912. The van der Waals surface area contributed by atoms with Crippen LogP contribution < -0.4 is 20.8 Å². The molecule has 1 saturated heterocycles. The van der Waals surface area contributed by atoms with E-state index in [9.17, 15) is 19.1 Å². The van der Waals surface area contributed by atoms with Gasteiger partial charge in [-0.1, -0.05) is 24.3 Å². The molecular weight excluding hydrogens is 682 g/mol. The van der Waals surface area contributed by atoms with Crippen LogP contribution in [0.25, 0.3) is 10.6 Å². The number of aryl methyl sites for hydroxylation is 2. The molecule has 0 saturated carbocycles. The average molecular weight is 722 g/mol. The van der Waals surface area contributed by atoms with Crippen LogP contribution in [-0.4, -0.2) is 70.8 Å². The van der Waals surface area contributed by atoms with Crippen LogP contribution in [0, 0.1) is 19.7 Å². The number of amides is 3. The van der Waals surface area contributed by atoms with Crippen LogP contribution in [0.2, 0.25) is 0 Å². The number of nitrogens with zero attached hydrogens (tertiary/aromatic N) is 4. The van der Waals surface area contributed by atoms with E-state index in [1.165, 1.54) is 18.3 Å². The first-order valence-electron chi connectivity index (χ1n) is 16.8. The quantitative estimate of drug-likeness (QED) is 0.0827. The van der Waals surface area contributed by atoms with Crippen molar-refractivity contribution in [3.63, 3.8) is 0 Å². The predicted octanol–water partition coefficient (Wildman–Crippen LogP) is 6.76. The summed E-state index contributed by atoms with van der Waals surface area (Å²) >= 11 is 1.58. The van der Waals surface area contributed by atoms with Gasteiger partial charge in [-0.05, 0) is 85.6 Å². The number of ether oxygens (including phenoxy) is 1. The molecule has 0 atom stereocenters. The molecule has 268 valence electrons. The molecule has 0 radical (unpaired) electrons. The molecule has 0 unspecified atom stereocenters. The number of hydrogen-bond donors (Lipinski definition) is 4. The maximum Gasteiger partial charge on any atom is 0.323 e. The Hall–Kier alpha value is -5.63. The van der Waals surface area contributed by atoms with E-state index < -0.39 is 0 Å². The number of thiazole rings is 1. The van der Waals surface area contributed by atoms with Crippen LogP contribution in [0.1, 0.15) is 27.9 Å². The third kappa shape index (κ3) is 10.2. The number of phenolic OH excluding ortho intramolecular Hbond substituents is 1. The molecule has 1 aliphatic heterocycles. The van der Waals surface area contributed by atoms with Gasteiger partial charge in [0.1, 0.15) is 28.9 Å². The number of carbonyl (C=O) groups is 2. The Labute approximate surface area is 305 Å². The number of hydrazone groups is 1. The highest BCUT2D eigenvalue weighted by molar-refractivity contribution is 7.13. The highest BCUT2D eigenvalue weighted by Gasteiger charge is 2.20. The highest BCUT2D eigenvalue weighted by atomic mass is 32.1. The van der Waals surface area contributed by atoms with E-state index in [4.69, 9.17) is 9.72 Å². The molecule has 2 heterocycles. The first-order chi connectivity index (χ1) is 25.2. The molecule has 52 heavy (non-hydrogen) atoms. The van der Waals surface area contributed by atoms with Gasteiger partial charge in [0.05, 0.1) is 18.5 Å². The molecule has 4 N–H and O–H groups in total. The van der Waals surface area contributed by atoms with E-state index in [1.807, 2.05) is 50.2 Å². The number of rotatable bonds is 12. The fraction of sp³-hybridized carbons (Fsp3) is 0.231. The third-order valence-corrected chi connectivity index (χ3v) is 9.32. The summed E-state index contributed by atoms with van der Waals surface area (Å²) in [6.07, 6.45) is 1.35. The number of piperazine rings is 1. The molecule has 1 aliphatic rings. The van der Waals surface area contributed by atoms with Gasteiger partial charge in [-0.25, -0.2) is 19.6 Å². The van der Waals surface area contributed by atoms with E-state index in [-0.39, 0.29) is 36.7 Å². The van der Waals surface area contributed by atoms with Crippen LogP contribution in [0.5, 0.6) is 11.5 Å². The van der Waals surface area contributed by atoms with E-state index in [0.29, 0.717) is 29.1 Å². The number of nitrogens with one attached hydrogen (secondary N) is 3. The molecule has 1 aromatic heterocycles. The maximum absolute atomic E-state index is 13.9. The van der Waals surface area contributed by atoms with E-state index in [2.05, 4.69) is 42.4 Å². The number of phenols is 1. The minimum absolute atomic E-state index is 0.0273. The normalized spacial score (nSPS) is 13.6. The summed E-state index contributed by atoms with van der Waals surface area (Å²) in [4.78, 5) is 34.3. The number of benzene rings is 4. The summed E-state index contributed by atoms with van der Waals surface area (Å²) in [5.41, 5.74) is 8.88. The number of halogens is 1. The Morgan fingerprint density at radius 3 is 2.38 bits per heavy atom. The first-order valence-corrected chi connectivity index (χ1v) is 17.7. The fourth-order valence-corrected chi connectivity index (χ4v) is 6.61. The largest absolute Gasteiger partial charge is 0.507 e. The van der Waals surface area contributed by atoms with Crippen molar-refractivity contribution in [3.8, 4) is 22.1 Å². The van der Waals surface area contributed by atoms with Gasteiger partial charge in [-0.15, -0.1) is 11.3 Å². The molecule has 1 fully saturated rings. The Kier molecular flexibility index (Phi) is 11.9. The molecule has 5 aromatic rings. The molecule has 0 aliphatic carbocycles. The smallest absolute Gasteiger partial charge is 0.323 e. The topological polar surface area (TPSA) is 131 Å². The summed E-state index contributed by atoms with van der Waals surface area (Å²) in [6, 6.07) is 24.2. The lowest BCUT2D eigenvalue weighted by Gasteiger charge is -2.33. The second-order valence-corrected chi connectivity index (χ2v) is 13.5. The second kappa shape index (κ2) is 17.1. The summed E-state index contributed by atoms with van der Waals surface area (Å²) in [7, 11) is 0. The van der Waals surface area contributed by atoms with Gasteiger partial charge in [0, 0.05) is 66.2 Å². The fourth-order valence-electron chi connectivity index (χ4n) is 5.80. The van der Waals surface area contributed by atoms with Gasteiger partial charge in [-0.2, -0.15) is 5.10 Å². The van der Waals surface area contributed by atoms with Gasteiger partial charge in [0.15, 0.2) is 0 Å². The zero-order chi connectivity index (χ0) is 36.5. The molecule has 6 rings (SSSR count). The Morgan fingerprint density at radius 2 is 1.63 bits per heavy atom. The van der Waals surface area contributed by atoms with Crippen LogP contribution in [-0.2, 0) is 17.9 Å². The lowest BCUT2D eigenvalue weighted by atomic mass is 10.1. The minimum atomic E-state index is -0.354. The van der Waals surface area contributed by atoms with Gasteiger partial charge < -0.3 is 20.5 Å². The van der Waals surface area contributed by atoms with E-state index in [1.54, 1.807) is 41.7 Å². The van der Waals surface area contributed by atoms with Gasteiger partial charge in [0.25, 0.3) is 5.91 Å². The number of urea groups is 1. The predicted molar refractivity (Wildman–Crippen MR) is 202 cm³/mol. The number of aromatic nitrogens is 1. The number of carbonyl (C=O) groups excluding carboxylic acids is 2. The van der Waals surface area contributed by atoms with E-state index in [0.717, 1.165) is 59.3 Å². The second-order valence-electron chi connectivity index (χ2n) is 12.6. The van der Waals surface area contributed by atoms with Crippen molar-refractivity contribution in [2.24, 2.45) is 5.10 Å². The highest BCUT2D eigenvalue weighted by Crippen LogP contribution is 2.26. The molecule has 13 heteroatoms. The van der Waals surface area contributed by atoms with Crippen molar-refractivity contribution in [1.29, 1.82) is 0 Å². The van der Waals surface area contributed by atoms with Crippen molar-refractivity contribution in [1.82, 2.24) is 20.2 Å². The lowest BCUT2D eigenvalue weighted by Crippen LogP contribution is -2.48. The van der Waals surface area contributed by atoms with Crippen LogP contribution in [0.15, 0.2) is 95.4 Å². The van der Waals surface area contributed by atoms with Crippen LogP contribution in [0.3, 0.4) is 0 Å². The average Bonchev–Trinajstić information content (AvgIpc) is 3.58. The van der Waals surface area contributed by atoms with Crippen molar-refractivity contribution >= 4 is 40.9 Å². The maximum atomic E-state index is 13.9. The van der Waals surface area contributed by atoms with Gasteiger partial charge in [-0.3, -0.25) is 14.6 Å². The summed E-state index contributed by atoms with van der Waals surface area (Å²) < 4.78 is 19.6. The molecule has 3 amide bonds. The van der Waals surface area contributed by atoms with Crippen molar-refractivity contribution in [2.45, 2.75) is 27.0 Å². The number of aromatic hydroxyl groups is 1. The number of hydrogen-bond acceptors (Lipinski definition) is 9. The standard InChI is InChI=1S/C39H40FN7O4S/c1-26-17-27(2)19-32(18-26)44-39(50)43-31-9-7-28(8-10-31)38-42-33(25-52-38)22-46-13-15-47(16-14-46)23-37(49)45-41-21-30-20-34(11-12-36(30)48)51-24-29-5-3-4-6-35(29)40/h3-12,17-21,25,48H,13-16,22-24H2,1-2H3,(H,45,49)(H2,43,44,50)/b41-21+. The first kappa shape index (κ1) is 36.2. The van der Waals surface area contributed by atoms with Crippen LogP contribution in [0.4, 0.5) is 20.6 Å². The Bertz CT molecular complexity index is 2020.